The van der Waals surface area contributed by atoms with Crippen LogP contribution in [0.1, 0.15) is 50.9 Å². The first-order chi connectivity index (χ1) is 18.0. The molecule has 2 heterocycles. The van der Waals surface area contributed by atoms with Crippen LogP contribution < -0.4 is 4.90 Å². The number of carbonyl (C=O) groups excluding carboxylic acids is 1. The fraction of sp³-hybridized carbons (Fsp3) is 0.481. The number of aromatic nitrogens is 1. The van der Waals surface area contributed by atoms with Gasteiger partial charge in [-0.05, 0) is 55.0 Å². The van der Waals surface area contributed by atoms with Crippen LogP contribution in [-0.2, 0) is 14.8 Å². The molecule has 0 spiro atoms. The number of thiazole rings is 1. The second-order valence-electron chi connectivity index (χ2n) is 10.4. The minimum Gasteiger partial charge on any atom is -0.376 e. The molecular weight excluding hydrogens is 532 g/mol. The van der Waals surface area contributed by atoms with Gasteiger partial charge in [-0.25, -0.2) is 22.2 Å². The van der Waals surface area contributed by atoms with Crippen molar-refractivity contribution < 1.29 is 26.7 Å². The summed E-state index contributed by atoms with van der Waals surface area (Å²) < 4.78 is 62.4. The van der Waals surface area contributed by atoms with Crippen LogP contribution in [0.3, 0.4) is 0 Å². The van der Waals surface area contributed by atoms with E-state index in [1.807, 2.05) is 27.7 Å². The molecule has 206 valence electrons. The number of ether oxygens (including phenoxy) is 1. The minimum atomic E-state index is -3.75. The smallest absolute Gasteiger partial charge is 0.260 e. The zero-order chi connectivity index (χ0) is 27.6. The van der Waals surface area contributed by atoms with Gasteiger partial charge in [0.25, 0.3) is 5.91 Å². The Morgan fingerprint density at radius 3 is 2.34 bits per heavy atom. The Morgan fingerprint density at radius 2 is 1.76 bits per heavy atom. The zero-order valence-corrected chi connectivity index (χ0v) is 23.6. The van der Waals surface area contributed by atoms with E-state index >= 15 is 0 Å². The number of amides is 1. The molecule has 0 aliphatic carbocycles. The molecular formula is C27H33F2N3O4S2. The van der Waals surface area contributed by atoms with Gasteiger partial charge in [-0.15, -0.1) is 0 Å². The Balaban J connectivity index is 1.65. The molecule has 1 fully saturated rings. The lowest BCUT2D eigenvalue weighted by Gasteiger charge is -2.26. The first kappa shape index (κ1) is 28.5. The molecule has 2 aromatic carbocycles. The molecule has 1 amide bonds. The molecule has 1 atom stereocenters. The van der Waals surface area contributed by atoms with Gasteiger partial charge in [0.05, 0.1) is 22.2 Å². The van der Waals surface area contributed by atoms with Crippen LogP contribution in [0.5, 0.6) is 0 Å². The number of carbonyl (C=O) groups is 1. The van der Waals surface area contributed by atoms with Gasteiger partial charge in [0.1, 0.15) is 11.3 Å². The average molecular weight is 566 g/mol. The van der Waals surface area contributed by atoms with Crippen molar-refractivity contribution in [2.45, 2.75) is 51.5 Å². The van der Waals surface area contributed by atoms with Crippen molar-refractivity contribution in [2.75, 3.05) is 31.1 Å². The topological polar surface area (TPSA) is 79.8 Å². The van der Waals surface area contributed by atoms with Crippen LogP contribution in [0, 0.1) is 23.5 Å². The summed E-state index contributed by atoms with van der Waals surface area (Å²) in [5, 5.41) is 0.224. The summed E-state index contributed by atoms with van der Waals surface area (Å²) in [5.41, 5.74) is 0.250. The van der Waals surface area contributed by atoms with Crippen molar-refractivity contribution in [3.8, 4) is 0 Å². The summed E-state index contributed by atoms with van der Waals surface area (Å²) in [5.74, 6) is -1.63. The van der Waals surface area contributed by atoms with Crippen LogP contribution in [0.2, 0.25) is 0 Å². The first-order valence-corrected chi connectivity index (χ1v) is 15.0. The highest BCUT2D eigenvalue weighted by Gasteiger charge is 2.29. The van der Waals surface area contributed by atoms with E-state index < -0.39 is 27.6 Å². The Kier molecular flexibility index (Phi) is 8.81. The zero-order valence-electron chi connectivity index (χ0n) is 22.0. The van der Waals surface area contributed by atoms with Gasteiger partial charge in [0.15, 0.2) is 10.9 Å². The third kappa shape index (κ3) is 6.39. The van der Waals surface area contributed by atoms with Crippen LogP contribution in [0.15, 0.2) is 41.3 Å². The van der Waals surface area contributed by atoms with E-state index in [0.29, 0.717) is 24.4 Å². The molecule has 1 unspecified atom stereocenters. The quantitative estimate of drug-likeness (QED) is 0.315. The Labute approximate surface area is 226 Å². The molecule has 1 aromatic heterocycles. The molecule has 38 heavy (non-hydrogen) atoms. The SMILES string of the molecule is CC(C)CN(CC(C)C)S(=O)(=O)c1ccc(C(=O)N(CC2CCCO2)c2nc3c(F)cc(F)cc3s2)cc1. The third-order valence-electron chi connectivity index (χ3n) is 6.16. The van der Waals surface area contributed by atoms with E-state index in [9.17, 15) is 22.0 Å². The van der Waals surface area contributed by atoms with Gasteiger partial charge < -0.3 is 4.74 Å². The second kappa shape index (κ2) is 11.7. The number of rotatable bonds is 10. The maximum Gasteiger partial charge on any atom is 0.260 e. The molecule has 0 bridgehead atoms. The number of hydrogen-bond donors (Lipinski definition) is 0. The fourth-order valence-corrected chi connectivity index (χ4v) is 7.24. The van der Waals surface area contributed by atoms with Gasteiger partial charge in [-0.2, -0.15) is 4.31 Å². The number of hydrogen-bond acceptors (Lipinski definition) is 6. The Hall–Kier alpha value is -2.47. The van der Waals surface area contributed by atoms with E-state index in [1.54, 1.807) is 0 Å². The number of sulfonamides is 1. The fourth-order valence-electron chi connectivity index (χ4n) is 4.46. The second-order valence-corrected chi connectivity index (χ2v) is 13.4. The minimum absolute atomic E-state index is 0.00613. The Morgan fingerprint density at radius 1 is 1.11 bits per heavy atom. The van der Waals surface area contributed by atoms with Crippen molar-refractivity contribution in [2.24, 2.45) is 11.8 Å². The highest BCUT2D eigenvalue weighted by molar-refractivity contribution is 7.89. The molecule has 1 aliphatic heterocycles. The molecule has 0 radical (unpaired) electrons. The first-order valence-electron chi connectivity index (χ1n) is 12.7. The molecule has 1 aliphatic rings. The normalized spacial score (nSPS) is 16.3. The number of nitrogens with zero attached hydrogens (tertiary/aromatic N) is 3. The molecule has 3 aromatic rings. The van der Waals surface area contributed by atoms with Gasteiger partial charge in [0, 0.05) is 31.3 Å². The lowest BCUT2D eigenvalue weighted by molar-refractivity contribution is 0.0917. The van der Waals surface area contributed by atoms with Gasteiger partial charge >= 0.3 is 0 Å². The number of halogens is 2. The lowest BCUT2D eigenvalue weighted by Crippen LogP contribution is -2.38. The summed E-state index contributed by atoms with van der Waals surface area (Å²) in [7, 11) is -3.75. The Bertz CT molecular complexity index is 1380. The van der Waals surface area contributed by atoms with Crippen molar-refractivity contribution >= 4 is 42.6 Å². The summed E-state index contributed by atoms with van der Waals surface area (Å²) in [6.07, 6.45) is 1.41. The molecule has 1 saturated heterocycles. The van der Waals surface area contributed by atoms with Crippen LogP contribution in [0.25, 0.3) is 10.2 Å². The van der Waals surface area contributed by atoms with Gasteiger partial charge in [-0.1, -0.05) is 39.0 Å². The third-order valence-corrected chi connectivity index (χ3v) is 9.04. The van der Waals surface area contributed by atoms with E-state index in [-0.39, 0.29) is 45.6 Å². The van der Waals surface area contributed by atoms with E-state index in [1.165, 1.54) is 39.5 Å². The van der Waals surface area contributed by atoms with Crippen molar-refractivity contribution in [3.05, 3.63) is 53.6 Å². The van der Waals surface area contributed by atoms with Gasteiger partial charge in [0.2, 0.25) is 10.0 Å². The molecule has 11 heteroatoms. The molecule has 7 nitrogen and oxygen atoms in total. The monoisotopic (exact) mass is 565 g/mol. The van der Waals surface area contributed by atoms with E-state index in [4.69, 9.17) is 4.74 Å². The van der Waals surface area contributed by atoms with Crippen molar-refractivity contribution in [1.29, 1.82) is 0 Å². The molecule has 4 rings (SSSR count). The van der Waals surface area contributed by atoms with E-state index in [2.05, 4.69) is 4.98 Å². The summed E-state index contributed by atoms with van der Waals surface area (Å²) >= 11 is 1.02. The number of benzene rings is 2. The van der Waals surface area contributed by atoms with Crippen molar-refractivity contribution in [3.63, 3.8) is 0 Å². The average Bonchev–Trinajstić information content (AvgIpc) is 3.51. The number of fused-ring (bicyclic) bond motifs is 1. The van der Waals surface area contributed by atoms with Crippen LogP contribution in [0.4, 0.5) is 13.9 Å². The highest BCUT2D eigenvalue weighted by Crippen LogP contribution is 2.33. The predicted octanol–water partition coefficient (Wildman–Crippen LogP) is 5.70. The van der Waals surface area contributed by atoms with Crippen LogP contribution in [-0.4, -0.2) is 56.0 Å². The predicted molar refractivity (Wildman–Crippen MR) is 145 cm³/mol. The van der Waals surface area contributed by atoms with Gasteiger partial charge in [-0.3, -0.25) is 9.69 Å². The number of anilines is 1. The summed E-state index contributed by atoms with van der Waals surface area (Å²) in [6, 6.07) is 7.79. The van der Waals surface area contributed by atoms with E-state index in [0.717, 1.165) is 30.2 Å². The maximum atomic E-state index is 14.3. The molecule has 0 saturated carbocycles. The lowest BCUT2D eigenvalue weighted by atomic mass is 10.2. The summed E-state index contributed by atoms with van der Waals surface area (Å²) in [4.78, 5) is 19.5. The van der Waals surface area contributed by atoms with Crippen LogP contribution >= 0.6 is 11.3 Å². The molecule has 0 N–H and O–H groups in total. The maximum absolute atomic E-state index is 14.3. The highest BCUT2D eigenvalue weighted by atomic mass is 32.2. The van der Waals surface area contributed by atoms with Crippen molar-refractivity contribution in [1.82, 2.24) is 9.29 Å². The summed E-state index contributed by atoms with van der Waals surface area (Å²) in [6.45, 7) is 9.44. The standard InChI is InChI=1S/C27H33F2N3O4S2/c1-17(2)14-31(15-18(3)4)38(34,35)22-9-7-19(8-10-22)26(33)32(16-21-6-5-11-36-21)27-30-25-23(29)12-20(28)13-24(25)37-27/h7-10,12-13,17-18,21H,5-6,11,14-16H2,1-4H3. The largest absolute Gasteiger partial charge is 0.376 e.